The Bertz CT molecular complexity index is 399. The number of aryl methyl sites for hydroxylation is 2. The van der Waals surface area contributed by atoms with Crippen LogP contribution in [0.1, 0.15) is 16.8 Å². The number of aliphatic hydroxyl groups is 1. The molecule has 3 N–H and O–H groups in total. The highest BCUT2D eigenvalue weighted by Gasteiger charge is 2.18. The number of pyridine rings is 1. The predicted molar refractivity (Wildman–Crippen MR) is 66.9 cm³/mol. The molecule has 102 valence electrons. The average molecular weight is 259 g/mol. The van der Waals surface area contributed by atoms with Gasteiger partial charge in [0, 0.05) is 24.3 Å². The number of anilines is 1. The van der Waals surface area contributed by atoms with E-state index in [4.69, 9.17) is 10.8 Å². The molecule has 0 saturated carbocycles. The maximum atomic E-state index is 12.5. The van der Waals surface area contributed by atoms with E-state index >= 15 is 0 Å². The van der Waals surface area contributed by atoms with E-state index < -0.39 is 13.0 Å². The summed E-state index contributed by atoms with van der Waals surface area (Å²) in [6.07, 6.45) is -2.48. The van der Waals surface area contributed by atoms with Crippen molar-refractivity contribution in [1.29, 1.82) is 0 Å². The minimum Gasteiger partial charge on any atom is -0.395 e. The summed E-state index contributed by atoms with van der Waals surface area (Å²) in [5, 5.41) is 8.97. The van der Waals surface area contributed by atoms with E-state index in [9.17, 15) is 8.78 Å². The summed E-state index contributed by atoms with van der Waals surface area (Å²) in [6.45, 7) is 3.37. The molecular weight excluding hydrogens is 240 g/mol. The van der Waals surface area contributed by atoms with Gasteiger partial charge in [0.1, 0.15) is 5.82 Å². The van der Waals surface area contributed by atoms with Crippen molar-refractivity contribution in [3.05, 3.63) is 22.9 Å². The number of rotatable bonds is 6. The van der Waals surface area contributed by atoms with E-state index in [-0.39, 0.29) is 19.7 Å². The molecule has 6 heteroatoms. The molecule has 18 heavy (non-hydrogen) atoms. The van der Waals surface area contributed by atoms with Gasteiger partial charge in [-0.05, 0) is 25.5 Å². The van der Waals surface area contributed by atoms with Crippen molar-refractivity contribution in [3.8, 4) is 0 Å². The summed E-state index contributed by atoms with van der Waals surface area (Å²) in [5.74, 6) is 0.448. The van der Waals surface area contributed by atoms with E-state index in [1.807, 2.05) is 13.0 Å². The summed E-state index contributed by atoms with van der Waals surface area (Å²) in [6, 6.07) is 1.87. The highest BCUT2D eigenvalue weighted by molar-refractivity contribution is 5.51. The maximum Gasteiger partial charge on any atom is 0.255 e. The first-order valence-corrected chi connectivity index (χ1v) is 5.80. The predicted octanol–water partition coefficient (Wildman–Crippen LogP) is 1.22. The Labute approximate surface area is 105 Å². The highest BCUT2D eigenvalue weighted by Crippen LogP contribution is 2.22. The molecule has 0 spiro atoms. The second-order valence-electron chi connectivity index (χ2n) is 4.15. The van der Waals surface area contributed by atoms with Crippen molar-refractivity contribution in [1.82, 2.24) is 4.98 Å². The van der Waals surface area contributed by atoms with Gasteiger partial charge in [-0.15, -0.1) is 0 Å². The second kappa shape index (κ2) is 6.61. The minimum absolute atomic E-state index is 0.118. The van der Waals surface area contributed by atoms with Crippen molar-refractivity contribution in [2.24, 2.45) is 5.73 Å². The van der Waals surface area contributed by atoms with Crippen LogP contribution in [0.4, 0.5) is 14.6 Å². The third-order valence-corrected chi connectivity index (χ3v) is 2.69. The van der Waals surface area contributed by atoms with Gasteiger partial charge < -0.3 is 15.7 Å². The van der Waals surface area contributed by atoms with Crippen LogP contribution >= 0.6 is 0 Å². The molecule has 0 aromatic carbocycles. The summed E-state index contributed by atoms with van der Waals surface area (Å²) < 4.78 is 25.1. The molecule has 1 rings (SSSR count). The van der Waals surface area contributed by atoms with Crippen LogP contribution in [0, 0.1) is 13.8 Å². The van der Waals surface area contributed by atoms with Crippen molar-refractivity contribution in [2.75, 3.05) is 24.6 Å². The number of hydrogen-bond donors (Lipinski definition) is 2. The maximum absolute atomic E-state index is 12.5. The molecule has 0 atom stereocenters. The Morgan fingerprint density at radius 1 is 1.44 bits per heavy atom. The molecule has 0 aliphatic carbocycles. The molecule has 0 unspecified atom stereocenters. The Morgan fingerprint density at radius 2 is 2.11 bits per heavy atom. The first-order chi connectivity index (χ1) is 8.49. The van der Waals surface area contributed by atoms with Crippen molar-refractivity contribution >= 4 is 5.82 Å². The molecule has 1 aromatic heterocycles. The topological polar surface area (TPSA) is 62.4 Å². The first-order valence-electron chi connectivity index (χ1n) is 5.80. The van der Waals surface area contributed by atoms with Gasteiger partial charge in [-0.3, -0.25) is 0 Å². The Morgan fingerprint density at radius 3 is 2.61 bits per heavy atom. The number of halogens is 2. The summed E-state index contributed by atoms with van der Waals surface area (Å²) in [4.78, 5) is 5.66. The van der Waals surface area contributed by atoms with Gasteiger partial charge in [-0.2, -0.15) is 0 Å². The molecule has 0 amide bonds. The molecule has 0 fully saturated rings. The van der Waals surface area contributed by atoms with E-state index in [1.54, 1.807) is 6.92 Å². The number of aliphatic hydroxyl groups excluding tert-OH is 1. The minimum atomic E-state index is -2.48. The zero-order valence-corrected chi connectivity index (χ0v) is 10.7. The average Bonchev–Trinajstić information content (AvgIpc) is 2.27. The number of alkyl halides is 2. The van der Waals surface area contributed by atoms with Gasteiger partial charge in [-0.25, -0.2) is 13.8 Å². The van der Waals surface area contributed by atoms with Gasteiger partial charge in [0.05, 0.1) is 13.2 Å². The largest absolute Gasteiger partial charge is 0.395 e. The third kappa shape index (κ3) is 3.61. The lowest BCUT2D eigenvalue weighted by Crippen LogP contribution is -2.33. The Kier molecular flexibility index (Phi) is 5.43. The Hall–Kier alpha value is -1.27. The van der Waals surface area contributed by atoms with Crippen LogP contribution in [0.15, 0.2) is 6.07 Å². The fourth-order valence-electron chi connectivity index (χ4n) is 1.93. The van der Waals surface area contributed by atoms with E-state index in [0.29, 0.717) is 5.82 Å². The zero-order chi connectivity index (χ0) is 13.7. The first kappa shape index (κ1) is 14.8. The monoisotopic (exact) mass is 259 g/mol. The molecule has 1 heterocycles. The van der Waals surface area contributed by atoms with Crippen molar-refractivity contribution in [3.63, 3.8) is 0 Å². The van der Waals surface area contributed by atoms with Crippen LogP contribution in [0.2, 0.25) is 0 Å². The summed E-state index contributed by atoms with van der Waals surface area (Å²) in [7, 11) is 0. The number of aromatic nitrogens is 1. The fourth-order valence-corrected chi connectivity index (χ4v) is 1.93. The van der Waals surface area contributed by atoms with Crippen LogP contribution in [-0.4, -0.2) is 36.2 Å². The molecular formula is C12H19F2N3O. The lowest BCUT2D eigenvalue weighted by Gasteiger charge is -2.26. The molecule has 1 aromatic rings. The van der Waals surface area contributed by atoms with Crippen LogP contribution in [0.5, 0.6) is 0 Å². The van der Waals surface area contributed by atoms with Crippen LogP contribution in [0.3, 0.4) is 0 Å². The van der Waals surface area contributed by atoms with Crippen LogP contribution in [0.25, 0.3) is 0 Å². The standard InChI is InChI=1S/C12H19F2N3O/c1-8-5-9(2)16-12(10(8)6-15)17(3-4-18)7-11(13)14/h5,11,18H,3-4,6-7,15H2,1-2H3. The molecule has 0 aliphatic rings. The lowest BCUT2D eigenvalue weighted by atomic mass is 10.1. The number of hydrogen-bond acceptors (Lipinski definition) is 4. The highest BCUT2D eigenvalue weighted by atomic mass is 19.3. The van der Waals surface area contributed by atoms with Gasteiger partial charge in [-0.1, -0.05) is 0 Å². The van der Waals surface area contributed by atoms with Crippen molar-refractivity contribution < 1.29 is 13.9 Å². The van der Waals surface area contributed by atoms with Gasteiger partial charge in [0.2, 0.25) is 0 Å². The summed E-state index contributed by atoms with van der Waals surface area (Å²) >= 11 is 0. The smallest absolute Gasteiger partial charge is 0.255 e. The quantitative estimate of drug-likeness (QED) is 0.806. The molecule has 0 aliphatic heterocycles. The number of nitrogens with two attached hydrogens (primary N) is 1. The van der Waals surface area contributed by atoms with Crippen molar-refractivity contribution in [2.45, 2.75) is 26.8 Å². The fraction of sp³-hybridized carbons (Fsp3) is 0.583. The molecule has 0 saturated heterocycles. The number of nitrogens with zero attached hydrogens (tertiary/aromatic N) is 2. The molecule has 0 radical (unpaired) electrons. The molecule has 0 bridgehead atoms. The van der Waals surface area contributed by atoms with Crippen LogP contribution in [-0.2, 0) is 6.54 Å². The van der Waals surface area contributed by atoms with Crippen LogP contribution < -0.4 is 10.6 Å². The van der Waals surface area contributed by atoms with E-state index in [0.717, 1.165) is 16.8 Å². The van der Waals surface area contributed by atoms with Gasteiger partial charge >= 0.3 is 0 Å². The Balaban J connectivity index is 3.16. The summed E-state index contributed by atoms with van der Waals surface area (Å²) in [5.41, 5.74) is 8.07. The second-order valence-corrected chi connectivity index (χ2v) is 4.15. The normalized spacial score (nSPS) is 11.1. The third-order valence-electron chi connectivity index (χ3n) is 2.69. The van der Waals surface area contributed by atoms with E-state index in [1.165, 1.54) is 4.90 Å². The van der Waals surface area contributed by atoms with Gasteiger partial charge in [0.15, 0.2) is 0 Å². The van der Waals surface area contributed by atoms with Gasteiger partial charge in [0.25, 0.3) is 6.43 Å². The zero-order valence-electron chi connectivity index (χ0n) is 10.7. The lowest BCUT2D eigenvalue weighted by molar-refractivity contribution is 0.152. The molecule has 4 nitrogen and oxygen atoms in total. The SMILES string of the molecule is Cc1cc(C)c(CN)c(N(CCO)CC(F)F)n1. The van der Waals surface area contributed by atoms with E-state index in [2.05, 4.69) is 4.98 Å².